The van der Waals surface area contributed by atoms with Crippen molar-refractivity contribution in [1.82, 2.24) is 5.32 Å². The Balaban J connectivity index is 1.29. The second kappa shape index (κ2) is 5.43. The van der Waals surface area contributed by atoms with E-state index < -0.39 is 0 Å². The van der Waals surface area contributed by atoms with Gasteiger partial charge in [0.1, 0.15) is 0 Å². The SMILES string of the molecule is Cc1ccccc1C1CC(NC(C)C2CC3CCC2C3)C1. The van der Waals surface area contributed by atoms with Crippen LogP contribution in [0, 0.1) is 24.7 Å². The highest BCUT2D eigenvalue weighted by molar-refractivity contribution is 5.31. The molecule has 3 fully saturated rings. The Bertz CT molecular complexity index is 502. The van der Waals surface area contributed by atoms with E-state index in [1.165, 1.54) is 44.1 Å². The Labute approximate surface area is 129 Å². The molecule has 0 spiro atoms. The van der Waals surface area contributed by atoms with Crippen LogP contribution in [-0.2, 0) is 0 Å². The maximum Gasteiger partial charge on any atom is 0.00813 e. The van der Waals surface area contributed by atoms with E-state index in [0.29, 0.717) is 0 Å². The van der Waals surface area contributed by atoms with E-state index in [0.717, 1.165) is 35.8 Å². The first-order valence-corrected chi connectivity index (χ1v) is 9.02. The number of nitrogens with one attached hydrogen (secondary N) is 1. The number of hydrogen-bond acceptors (Lipinski definition) is 1. The Kier molecular flexibility index (Phi) is 3.57. The van der Waals surface area contributed by atoms with Gasteiger partial charge in [-0.15, -0.1) is 0 Å². The topological polar surface area (TPSA) is 12.0 Å². The van der Waals surface area contributed by atoms with Crippen LogP contribution in [0.25, 0.3) is 0 Å². The Hall–Kier alpha value is -0.820. The van der Waals surface area contributed by atoms with Crippen molar-refractivity contribution in [2.45, 2.75) is 70.4 Å². The van der Waals surface area contributed by atoms with Crippen LogP contribution in [0.15, 0.2) is 24.3 Å². The van der Waals surface area contributed by atoms with Gasteiger partial charge in [0.2, 0.25) is 0 Å². The van der Waals surface area contributed by atoms with Gasteiger partial charge in [0.15, 0.2) is 0 Å². The van der Waals surface area contributed by atoms with Crippen molar-refractivity contribution >= 4 is 0 Å². The van der Waals surface area contributed by atoms with E-state index in [9.17, 15) is 0 Å². The average Bonchev–Trinajstić information content (AvgIpc) is 3.06. The van der Waals surface area contributed by atoms with Crippen LogP contribution in [-0.4, -0.2) is 12.1 Å². The van der Waals surface area contributed by atoms with Crippen molar-refractivity contribution in [3.63, 3.8) is 0 Å². The van der Waals surface area contributed by atoms with E-state index in [4.69, 9.17) is 0 Å². The minimum atomic E-state index is 0.739. The summed E-state index contributed by atoms with van der Waals surface area (Å²) in [5, 5.41) is 3.96. The molecule has 4 atom stereocenters. The maximum atomic E-state index is 3.96. The Morgan fingerprint density at radius 3 is 2.52 bits per heavy atom. The van der Waals surface area contributed by atoms with Crippen LogP contribution < -0.4 is 5.32 Å². The minimum absolute atomic E-state index is 0.739. The summed E-state index contributed by atoms with van der Waals surface area (Å²) in [7, 11) is 0. The summed E-state index contributed by atoms with van der Waals surface area (Å²) in [4.78, 5) is 0. The molecule has 1 heteroatoms. The molecule has 0 amide bonds. The van der Waals surface area contributed by atoms with Crippen LogP contribution in [0.3, 0.4) is 0 Å². The summed E-state index contributed by atoms with van der Waals surface area (Å²) in [6, 6.07) is 10.4. The zero-order valence-corrected chi connectivity index (χ0v) is 13.5. The quantitative estimate of drug-likeness (QED) is 0.847. The predicted molar refractivity (Wildman–Crippen MR) is 88.5 cm³/mol. The largest absolute Gasteiger partial charge is 0.311 e. The summed E-state index contributed by atoms with van der Waals surface area (Å²) in [6.45, 7) is 4.71. The number of fused-ring (bicyclic) bond motifs is 2. The van der Waals surface area contributed by atoms with Crippen molar-refractivity contribution in [2.24, 2.45) is 17.8 Å². The molecule has 0 radical (unpaired) electrons. The molecule has 2 bridgehead atoms. The maximum absolute atomic E-state index is 3.96. The second-order valence-electron chi connectivity index (χ2n) is 8.02. The smallest absolute Gasteiger partial charge is 0.00813 e. The van der Waals surface area contributed by atoms with Crippen LogP contribution in [0.5, 0.6) is 0 Å². The first-order valence-electron chi connectivity index (χ1n) is 9.02. The standard InChI is InChI=1S/C20H29N/c1-13-5-3-4-6-19(13)17-11-18(12-17)21-14(2)20-10-15-7-8-16(20)9-15/h3-6,14-18,20-21H,7-12H2,1-2H3. The molecule has 0 saturated heterocycles. The number of benzene rings is 1. The van der Waals surface area contributed by atoms with Gasteiger partial charge < -0.3 is 5.32 Å². The fourth-order valence-corrected chi connectivity index (χ4v) is 5.45. The fourth-order valence-electron chi connectivity index (χ4n) is 5.45. The molecule has 21 heavy (non-hydrogen) atoms. The first-order chi connectivity index (χ1) is 10.2. The lowest BCUT2D eigenvalue weighted by molar-refractivity contribution is 0.200. The molecule has 0 aromatic heterocycles. The average molecular weight is 283 g/mol. The molecular weight excluding hydrogens is 254 g/mol. The molecule has 0 aliphatic heterocycles. The second-order valence-corrected chi connectivity index (χ2v) is 8.02. The third-order valence-electron chi connectivity index (χ3n) is 6.70. The highest BCUT2D eigenvalue weighted by atomic mass is 15.0. The summed E-state index contributed by atoms with van der Waals surface area (Å²) in [5.74, 6) is 3.90. The Morgan fingerprint density at radius 1 is 1.05 bits per heavy atom. The van der Waals surface area contributed by atoms with Gasteiger partial charge in [-0.3, -0.25) is 0 Å². The van der Waals surface area contributed by atoms with E-state index in [1.807, 2.05) is 0 Å². The van der Waals surface area contributed by atoms with E-state index in [1.54, 1.807) is 5.56 Å². The van der Waals surface area contributed by atoms with Gasteiger partial charge >= 0.3 is 0 Å². The van der Waals surface area contributed by atoms with E-state index in [2.05, 4.69) is 43.4 Å². The molecule has 1 N–H and O–H groups in total. The van der Waals surface area contributed by atoms with Gasteiger partial charge in [-0.2, -0.15) is 0 Å². The van der Waals surface area contributed by atoms with Crippen LogP contribution in [0.4, 0.5) is 0 Å². The van der Waals surface area contributed by atoms with Gasteiger partial charge in [-0.25, -0.2) is 0 Å². The van der Waals surface area contributed by atoms with Crippen molar-refractivity contribution in [3.05, 3.63) is 35.4 Å². The van der Waals surface area contributed by atoms with Crippen molar-refractivity contribution in [2.75, 3.05) is 0 Å². The summed E-state index contributed by atoms with van der Waals surface area (Å²) in [6.07, 6.45) is 8.76. The molecule has 3 aliphatic rings. The molecule has 4 rings (SSSR count). The van der Waals surface area contributed by atoms with Gasteiger partial charge in [0.25, 0.3) is 0 Å². The molecule has 1 nitrogen and oxygen atoms in total. The minimum Gasteiger partial charge on any atom is -0.311 e. The third-order valence-corrected chi connectivity index (χ3v) is 6.70. The summed E-state index contributed by atoms with van der Waals surface area (Å²) >= 11 is 0. The van der Waals surface area contributed by atoms with Crippen molar-refractivity contribution in [1.29, 1.82) is 0 Å². The first kappa shape index (κ1) is 13.8. The summed E-state index contributed by atoms with van der Waals surface area (Å²) < 4.78 is 0. The van der Waals surface area contributed by atoms with Crippen LogP contribution in [0.2, 0.25) is 0 Å². The molecule has 1 aromatic carbocycles. The molecular formula is C20H29N. The van der Waals surface area contributed by atoms with Gasteiger partial charge in [0, 0.05) is 12.1 Å². The monoisotopic (exact) mass is 283 g/mol. The molecule has 1 aromatic rings. The third kappa shape index (κ3) is 2.54. The van der Waals surface area contributed by atoms with Gasteiger partial charge in [0.05, 0.1) is 0 Å². The normalized spacial score (nSPS) is 39.2. The van der Waals surface area contributed by atoms with Gasteiger partial charge in [-0.1, -0.05) is 30.7 Å². The number of aryl methyl sites for hydroxylation is 1. The van der Waals surface area contributed by atoms with Gasteiger partial charge in [-0.05, 0) is 80.8 Å². The number of rotatable bonds is 4. The molecule has 3 saturated carbocycles. The Morgan fingerprint density at radius 2 is 1.86 bits per heavy atom. The lowest BCUT2D eigenvalue weighted by atomic mass is 9.73. The molecule has 3 aliphatic carbocycles. The van der Waals surface area contributed by atoms with E-state index >= 15 is 0 Å². The van der Waals surface area contributed by atoms with Crippen LogP contribution in [0.1, 0.15) is 62.5 Å². The molecule has 114 valence electrons. The van der Waals surface area contributed by atoms with Crippen molar-refractivity contribution in [3.8, 4) is 0 Å². The zero-order valence-electron chi connectivity index (χ0n) is 13.5. The lowest BCUT2D eigenvalue weighted by Crippen LogP contribution is -2.48. The highest BCUT2D eigenvalue weighted by Crippen LogP contribution is 2.50. The summed E-state index contributed by atoms with van der Waals surface area (Å²) in [5.41, 5.74) is 3.06. The molecule has 0 heterocycles. The fraction of sp³-hybridized carbons (Fsp3) is 0.700. The molecule has 4 unspecified atom stereocenters. The van der Waals surface area contributed by atoms with Crippen LogP contribution >= 0.6 is 0 Å². The lowest BCUT2D eigenvalue weighted by Gasteiger charge is -2.41. The zero-order chi connectivity index (χ0) is 14.4. The highest BCUT2D eigenvalue weighted by Gasteiger charge is 2.43. The van der Waals surface area contributed by atoms with Crippen molar-refractivity contribution < 1.29 is 0 Å². The van der Waals surface area contributed by atoms with E-state index in [-0.39, 0.29) is 0 Å². The predicted octanol–water partition coefficient (Wildman–Crippen LogP) is 4.66. The number of hydrogen-bond donors (Lipinski definition) is 1.